The summed E-state index contributed by atoms with van der Waals surface area (Å²) in [6.07, 6.45) is 0.706. The molecule has 1 aromatic heterocycles. The highest BCUT2D eigenvalue weighted by molar-refractivity contribution is 9.10. The molecular formula is C28H21BrN4O2S2. The first-order chi connectivity index (χ1) is 18.0. The van der Waals surface area contributed by atoms with Crippen molar-refractivity contribution in [1.82, 2.24) is 5.01 Å². The maximum atomic E-state index is 13.5. The maximum absolute atomic E-state index is 13.5. The van der Waals surface area contributed by atoms with Crippen LogP contribution in [0.1, 0.15) is 29.3 Å². The van der Waals surface area contributed by atoms with Gasteiger partial charge in [-0.3, -0.25) is 15.0 Å². The number of nitrogens with one attached hydrogen (secondary N) is 1. The zero-order chi connectivity index (χ0) is 25.5. The molecule has 0 saturated carbocycles. The van der Waals surface area contributed by atoms with Gasteiger partial charge in [0.05, 0.1) is 22.3 Å². The van der Waals surface area contributed by atoms with E-state index in [0.29, 0.717) is 12.1 Å². The van der Waals surface area contributed by atoms with Crippen LogP contribution in [0.3, 0.4) is 0 Å². The number of fused-ring (bicyclic) bond motifs is 1. The van der Waals surface area contributed by atoms with Crippen molar-refractivity contribution in [3.05, 3.63) is 99.2 Å². The SMILES string of the molecule is N=C(S[C@@H]1CC(=O)N(c2cccc3ccccc23)C1=O)N1N=C(c2cccs2)C[C@@H]1c1ccc(Br)cc1. The van der Waals surface area contributed by atoms with E-state index in [4.69, 9.17) is 10.5 Å². The molecule has 3 aromatic carbocycles. The Morgan fingerprint density at radius 1 is 0.973 bits per heavy atom. The number of hydrogen-bond donors (Lipinski definition) is 1. The number of carbonyl (C=O) groups is 2. The number of benzene rings is 3. The summed E-state index contributed by atoms with van der Waals surface area (Å²) >= 11 is 6.21. The quantitative estimate of drug-likeness (QED) is 0.161. The molecule has 0 aliphatic carbocycles. The summed E-state index contributed by atoms with van der Waals surface area (Å²) in [5.41, 5.74) is 2.55. The fourth-order valence-corrected chi connectivity index (χ4v) is 6.74. The number of amidine groups is 1. The fraction of sp³-hybridized carbons (Fsp3) is 0.143. The number of nitrogens with zero attached hydrogens (tertiary/aromatic N) is 3. The predicted molar refractivity (Wildman–Crippen MR) is 154 cm³/mol. The largest absolute Gasteiger partial charge is 0.277 e. The van der Waals surface area contributed by atoms with E-state index in [1.54, 1.807) is 22.4 Å². The van der Waals surface area contributed by atoms with Crippen molar-refractivity contribution in [3.8, 4) is 0 Å². The van der Waals surface area contributed by atoms with Crippen LogP contribution in [0.15, 0.2) is 93.8 Å². The van der Waals surface area contributed by atoms with Crippen LogP contribution in [-0.4, -0.2) is 33.0 Å². The van der Waals surface area contributed by atoms with Gasteiger partial charge in [-0.1, -0.05) is 82.3 Å². The van der Waals surface area contributed by atoms with Crippen LogP contribution >= 0.6 is 39.0 Å². The van der Waals surface area contributed by atoms with Crippen molar-refractivity contribution < 1.29 is 9.59 Å². The maximum Gasteiger partial charge on any atom is 0.247 e. The number of halogens is 1. The molecule has 184 valence electrons. The number of thioether (sulfide) groups is 1. The monoisotopic (exact) mass is 588 g/mol. The zero-order valence-corrected chi connectivity index (χ0v) is 22.7. The van der Waals surface area contributed by atoms with Crippen molar-refractivity contribution in [1.29, 1.82) is 5.41 Å². The Bertz CT molecular complexity index is 1550. The lowest BCUT2D eigenvalue weighted by molar-refractivity contribution is -0.121. The van der Waals surface area contributed by atoms with Gasteiger partial charge in [0.2, 0.25) is 11.8 Å². The first kappa shape index (κ1) is 24.1. The summed E-state index contributed by atoms with van der Waals surface area (Å²) in [5.74, 6) is -0.543. The highest BCUT2D eigenvalue weighted by Crippen LogP contribution is 2.39. The number of rotatable bonds is 4. The van der Waals surface area contributed by atoms with Gasteiger partial charge in [-0.05, 0) is 40.6 Å². The van der Waals surface area contributed by atoms with Crippen molar-refractivity contribution in [2.45, 2.75) is 24.1 Å². The van der Waals surface area contributed by atoms with Crippen molar-refractivity contribution in [2.75, 3.05) is 4.90 Å². The minimum atomic E-state index is -0.675. The van der Waals surface area contributed by atoms with Crippen LogP contribution in [0.5, 0.6) is 0 Å². The average Bonchev–Trinajstić information content (AvgIpc) is 3.64. The topological polar surface area (TPSA) is 76.8 Å². The Morgan fingerprint density at radius 3 is 2.54 bits per heavy atom. The second-order valence-corrected chi connectivity index (χ2v) is 11.9. The van der Waals surface area contributed by atoms with Crippen LogP contribution < -0.4 is 4.90 Å². The molecule has 37 heavy (non-hydrogen) atoms. The van der Waals surface area contributed by atoms with Gasteiger partial charge in [0.25, 0.3) is 0 Å². The number of hydrazone groups is 1. The first-order valence-electron chi connectivity index (χ1n) is 11.8. The van der Waals surface area contributed by atoms with Gasteiger partial charge in [0.1, 0.15) is 5.25 Å². The van der Waals surface area contributed by atoms with E-state index < -0.39 is 5.25 Å². The summed E-state index contributed by atoms with van der Waals surface area (Å²) in [7, 11) is 0. The lowest BCUT2D eigenvalue weighted by Gasteiger charge is -2.25. The zero-order valence-electron chi connectivity index (χ0n) is 19.5. The van der Waals surface area contributed by atoms with E-state index in [2.05, 4.69) is 15.9 Å². The fourth-order valence-electron chi connectivity index (χ4n) is 4.78. The third-order valence-corrected chi connectivity index (χ3v) is 9.06. The number of carbonyl (C=O) groups excluding carboxylic acids is 2. The lowest BCUT2D eigenvalue weighted by Crippen LogP contribution is -2.32. The van der Waals surface area contributed by atoms with Gasteiger partial charge in [-0.25, -0.2) is 9.91 Å². The number of anilines is 1. The molecule has 0 radical (unpaired) electrons. The minimum Gasteiger partial charge on any atom is -0.277 e. The number of imide groups is 1. The first-order valence-corrected chi connectivity index (χ1v) is 14.3. The molecule has 1 fully saturated rings. The third kappa shape index (κ3) is 4.52. The standard InChI is InChI=1S/C28H21BrN4O2S2/c29-19-12-10-18(11-13-19)23-15-21(24-9-4-14-36-24)31-33(23)28(30)37-25-16-26(34)32(27(25)35)22-8-3-6-17-5-1-2-7-20(17)22/h1-14,23,25,30H,15-16H2/t23-,25-/m1/s1. The molecule has 6 rings (SSSR count). The van der Waals surface area contributed by atoms with Crippen molar-refractivity contribution in [3.63, 3.8) is 0 Å². The second-order valence-electron chi connectivity index (χ2n) is 8.82. The third-order valence-electron chi connectivity index (χ3n) is 6.55. The summed E-state index contributed by atoms with van der Waals surface area (Å²) in [4.78, 5) is 28.9. The second kappa shape index (κ2) is 9.89. The molecule has 0 unspecified atom stereocenters. The Kier molecular flexibility index (Phi) is 6.44. The molecule has 0 spiro atoms. The normalized spacial score (nSPS) is 19.6. The molecule has 2 aliphatic heterocycles. The Labute approximate surface area is 230 Å². The van der Waals surface area contributed by atoms with Gasteiger partial charge < -0.3 is 0 Å². The highest BCUT2D eigenvalue weighted by atomic mass is 79.9. The van der Waals surface area contributed by atoms with E-state index >= 15 is 0 Å². The minimum absolute atomic E-state index is 0.0490. The Hall–Kier alpha value is -3.27. The number of thiophene rings is 1. The molecule has 1 N–H and O–H groups in total. The molecule has 2 amide bonds. The van der Waals surface area contributed by atoms with E-state index in [1.807, 2.05) is 78.2 Å². The molecule has 1 saturated heterocycles. The molecule has 9 heteroatoms. The summed E-state index contributed by atoms with van der Waals surface area (Å²) < 4.78 is 0.980. The highest BCUT2D eigenvalue weighted by Gasteiger charge is 2.43. The molecule has 2 atom stereocenters. The Morgan fingerprint density at radius 2 is 1.76 bits per heavy atom. The van der Waals surface area contributed by atoms with Crippen molar-refractivity contribution >= 4 is 78.2 Å². The van der Waals surface area contributed by atoms with E-state index in [1.165, 1.54) is 4.90 Å². The van der Waals surface area contributed by atoms with Crippen LogP contribution in [0.4, 0.5) is 5.69 Å². The van der Waals surface area contributed by atoms with Crippen molar-refractivity contribution in [2.24, 2.45) is 5.10 Å². The van der Waals surface area contributed by atoms with Crippen LogP contribution in [0, 0.1) is 5.41 Å². The summed E-state index contributed by atoms with van der Waals surface area (Å²) in [5, 5.41) is 18.8. The van der Waals surface area contributed by atoms with Crippen LogP contribution in [-0.2, 0) is 9.59 Å². The molecule has 2 aliphatic rings. The molecule has 6 nitrogen and oxygen atoms in total. The average molecular weight is 590 g/mol. The van der Waals surface area contributed by atoms with Gasteiger partial charge >= 0.3 is 0 Å². The Balaban J connectivity index is 1.27. The summed E-state index contributed by atoms with van der Waals surface area (Å²) in [6, 6.07) is 25.2. The number of amides is 2. The van der Waals surface area contributed by atoms with Gasteiger partial charge in [0, 0.05) is 22.7 Å². The van der Waals surface area contributed by atoms with Gasteiger partial charge in [-0.2, -0.15) is 5.10 Å². The lowest BCUT2D eigenvalue weighted by atomic mass is 10.0. The van der Waals surface area contributed by atoms with E-state index in [-0.39, 0.29) is 29.4 Å². The molecule has 4 aromatic rings. The molecule has 0 bridgehead atoms. The van der Waals surface area contributed by atoms with Crippen LogP contribution in [0.2, 0.25) is 0 Å². The van der Waals surface area contributed by atoms with Gasteiger partial charge in [0.15, 0.2) is 5.17 Å². The van der Waals surface area contributed by atoms with Crippen LogP contribution in [0.25, 0.3) is 10.8 Å². The van der Waals surface area contributed by atoms with E-state index in [9.17, 15) is 9.59 Å². The van der Waals surface area contributed by atoms with Gasteiger partial charge in [-0.15, -0.1) is 11.3 Å². The molecule has 3 heterocycles. The molecular weight excluding hydrogens is 568 g/mol. The predicted octanol–water partition coefficient (Wildman–Crippen LogP) is 6.81. The number of hydrogen-bond acceptors (Lipinski definition) is 6. The van der Waals surface area contributed by atoms with E-state index in [0.717, 1.165) is 43.2 Å². The summed E-state index contributed by atoms with van der Waals surface area (Å²) in [6.45, 7) is 0. The smallest absolute Gasteiger partial charge is 0.247 e.